The van der Waals surface area contributed by atoms with Crippen molar-refractivity contribution in [1.82, 2.24) is 0 Å². The second kappa shape index (κ2) is 4.42. The van der Waals surface area contributed by atoms with Gasteiger partial charge in [-0.1, -0.05) is 12.1 Å². The van der Waals surface area contributed by atoms with Crippen LogP contribution >= 0.6 is 0 Å². The van der Waals surface area contributed by atoms with Gasteiger partial charge in [-0.05, 0) is 12.1 Å². The quantitative estimate of drug-likeness (QED) is 0.839. The molecule has 0 saturated heterocycles. The first-order chi connectivity index (χ1) is 7.22. The second-order valence-corrected chi connectivity index (χ2v) is 7.75. The molecule has 1 aromatic rings. The number of phenols is 1. The van der Waals surface area contributed by atoms with Crippen molar-refractivity contribution < 1.29 is 21.9 Å². The highest BCUT2D eigenvalue weighted by molar-refractivity contribution is 7.94. The first kappa shape index (κ1) is 13.0. The molecular weight excluding hydrogens is 252 g/mol. The molecule has 1 N–H and O–H groups in total. The largest absolute Gasteiger partial charge is 0.507 e. The maximum absolute atomic E-state index is 11.7. The minimum Gasteiger partial charge on any atom is -0.507 e. The summed E-state index contributed by atoms with van der Waals surface area (Å²) in [5.41, 5.74) is 0. The molecule has 0 atom stereocenters. The summed E-state index contributed by atoms with van der Waals surface area (Å²) in [5.74, 6) is -1.34. The van der Waals surface area contributed by atoms with Crippen molar-refractivity contribution in [1.29, 1.82) is 0 Å². The van der Waals surface area contributed by atoms with Gasteiger partial charge in [0.2, 0.25) is 0 Å². The normalized spacial score (nSPS) is 12.6. The van der Waals surface area contributed by atoms with Crippen LogP contribution in [0.15, 0.2) is 29.2 Å². The molecule has 0 aromatic heterocycles. The number of aromatic hydroxyl groups is 1. The Morgan fingerprint density at radius 3 is 2.12 bits per heavy atom. The van der Waals surface area contributed by atoms with Crippen LogP contribution in [-0.4, -0.2) is 39.7 Å². The monoisotopic (exact) mass is 264 g/mol. The fourth-order valence-electron chi connectivity index (χ4n) is 1.09. The molecule has 0 radical (unpaired) electrons. The van der Waals surface area contributed by atoms with Gasteiger partial charge in [-0.3, -0.25) is 0 Å². The van der Waals surface area contributed by atoms with Gasteiger partial charge in [0.15, 0.2) is 9.84 Å². The maximum Gasteiger partial charge on any atom is 0.183 e. The van der Waals surface area contributed by atoms with Crippen LogP contribution in [0.1, 0.15) is 0 Å². The molecule has 16 heavy (non-hydrogen) atoms. The predicted molar refractivity (Wildman–Crippen MR) is 59.9 cm³/mol. The highest BCUT2D eigenvalue weighted by Crippen LogP contribution is 2.22. The van der Waals surface area contributed by atoms with E-state index < -0.39 is 31.2 Å². The summed E-state index contributed by atoms with van der Waals surface area (Å²) in [7, 11) is -7.09. The summed E-state index contributed by atoms with van der Waals surface area (Å²) in [6, 6.07) is 5.44. The average Bonchev–Trinajstić information content (AvgIpc) is 2.14. The van der Waals surface area contributed by atoms with Crippen LogP contribution in [0.2, 0.25) is 0 Å². The lowest BCUT2D eigenvalue weighted by Crippen LogP contribution is -2.16. The fraction of sp³-hybridized carbons (Fsp3) is 0.333. The van der Waals surface area contributed by atoms with Gasteiger partial charge in [0.05, 0.1) is 11.5 Å². The molecule has 0 spiro atoms. The van der Waals surface area contributed by atoms with E-state index in [1.165, 1.54) is 24.3 Å². The van der Waals surface area contributed by atoms with Crippen LogP contribution in [0.5, 0.6) is 5.75 Å². The highest BCUT2D eigenvalue weighted by atomic mass is 32.2. The fourth-order valence-corrected chi connectivity index (χ4v) is 4.07. The Kier molecular flexibility index (Phi) is 3.59. The summed E-state index contributed by atoms with van der Waals surface area (Å²) in [4.78, 5) is -0.237. The summed E-state index contributed by atoms with van der Waals surface area (Å²) in [6.45, 7) is 0. The molecule has 0 saturated carbocycles. The third-order valence-corrected chi connectivity index (χ3v) is 4.88. The lowest BCUT2D eigenvalue weighted by Gasteiger charge is -2.05. The van der Waals surface area contributed by atoms with E-state index in [1.807, 2.05) is 0 Å². The Balaban J connectivity index is 3.01. The first-order valence-electron chi connectivity index (χ1n) is 4.41. The molecule has 0 unspecified atom stereocenters. The molecule has 0 aliphatic rings. The first-order valence-corrected chi connectivity index (χ1v) is 8.12. The molecule has 90 valence electrons. The average molecular weight is 264 g/mol. The summed E-state index contributed by atoms with van der Waals surface area (Å²) in [5, 5.41) is 9.35. The highest BCUT2D eigenvalue weighted by Gasteiger charge is 2.20. The van der Waals surface area contributed by atoms with E-state index in [9.17, 15) is 21.9 Å². The van der Waals surface area contributed by atoms with Crippen LogP contribution in [0.4, 0.5) is 0 Å². The Hall–Kier alpha value is -1.08. The van der Waals surface area contributed by atoms with Crippen LogP contribution in [-0.2, 0) is 19.7 Å². The van der Waals surface area contributed by atoms with Crippen LogP contribution in [0.3, 0.4) is 0 Å². The lowest BCUT2D eigenvalue weighted by molar-refractivity contribution is 0.459. The van der Waals surface area contributed by atoms with Gasteiger partial charge < -0.3 is 5.11 Å². The SMILES string of the molecule is CS(=O)(=O)CCS(=O)(=O)c1ccccc1O. The topological polar surface area (TPSA) is 88.5 Å². The number of rotatable bonds is 4. The summed E-state index contributed by atoms with van der Waals surface area (Å²) < 4.78 is 45.1. The second-order valence-electron chi connectivity index (χ2n) is 3.42. The van der Waals surface area contributed by atoms with Crippen molar-refractivity contribution in [3.63, 3.8) is 0 Å². The molecule has 0 aliphatic carbocycles. The minimum absolute atomic E-state index is 0.237. The third-order valence-electron chi connectivity index (χ3n) is 1.92. The number of sulfone groups is 2. The molecule has 0 amide bonds. The molecule has 0 fully saturated rings. The zero-order valence-corrected chi connectivity index (χ0v) is 10.3. The molecule has 5 nitrogen and oxygen atoms in total. The summed E-state index contributed by atoms with van der Waals surface area (Å²) >= 11 is 0. The number of phenolic OH excluding ortho intramolecular Hbond substituents is 1. The molecule has 0 bridgehead atoms. The zero-order valence-electron chi connectivity index (χ0n) is 8.62. The van der Waals surface area contributed by atoms with E-state index in [0.29, 0.717) is 0 Å². The van der Waals surface area contributed by atoms with Gasteiger partial charge in [-0.25, -0.2) is 16.8 Å². The maximum atomic E-state index is 11.7. The van der Waals surface area contributed by atoms with Crippen molar-refractivity contribution in [2.24, 2.45) is 0 Å². The Morgan fingerprint density at radius 2 is 1.62 bits per heavy atom. The standard InChI is InChI=1S/C9H12O5S2/c1-15(11,12)6-7-16(13,14)9-5-3-2-4-8(9)10/h2-5,10H,6-7H2,1H3. The van der Waals surface area contributed by atoms with Crippen molar-refractivity contribution >= 4 is 19.7 Å². The molecule has 1 aromatic carbocycles. The summed E-state index contributed by atoms with van der Waals surface area (Å²) in [6.07, 6.45) is 0.966. The van der Waals surface area contributed by atoms with E-state index >= 15 is 0 Å². The predicted octanol–water partition coefficient (Wildman–Crippen LogP) is 0.210. The van der Waals surface area contributed by atoms with E-state index in [4.69, 9.17) is 0 Å². The van der Waals surface area contributed by atoms with Gasteiger partial charge in [0, 0.05) is 6.26 Å². The van der Waals surface area contributed by atoms with Gasteiger partial charge in [-0.15, -0.1) is 0 Å². The number of benzene rings is 1. The van der Waals surface area contributed by atoms with Crippen molar-refractivity contribution in [2.45, 2.75) is 4.90 Å². The van der Waals surface area contributed by atoms with Gasteiger partial charge >= 0.3 is 0 Å². The van der Waals surface area contributed by atoms with Crippen molar-refractivity contribution in [3.8, 4) is 5.75 Å². The number of hydrogen-bond acceptors (Lipinski definition) is 5. The molecule has 1 rings (SSSR count). The Labute approximate surface area is 94.6 Å². The zero-order chi connectivity index (χ0) is 12.4. The van der Waals surface area contributed by atoms with Crippen LogP contribution < -0.4 is 0 Å². The molecule has 0 aliphatic heterocycles. The van der Waals surface area contributed by atoms with Crippen LogP contribution in [0, 0.1) is 0 Å². The van der Waals surface area contributed by atoms with Gasteiger partial charge in [0.1, 0.15) is 20.5 Å². The Bertz CT molecular complexity index is 572. The van der Waals surface area contributed by atoms with Crippen molar-refractivity contribution in [3.05, 3.63) is 24.3 Å². The van der Waals surface area contributed by atoms with Crippen molar-refractivity contribution in [2.75, 3.05) is 17.8 Å². The van der Waals surface area contributed by atoms with E-state index in [1.54, 1.807) is 0 Å². The lowest BCUT2D eigenvalue weighted by atomic mass is 10.3. The smallest absolute Gasteiger partial charge is 0.183 e. The van der Waals surface area contributed by atoms with Gasteiger partial charge in [-0.2, -0.15) is 0 Å². The molecule has 0 heterocycles. The van der Waals surface area contributed by atoms with E-state index in [-0.39, 0.29) is 10.6 Å². The minimum atomic E-state index is -3.75. The molecule has 7 heteroatoms. The Morgan fingerprint density at radius 1 is 1.06 bits per heavy atom. The van der Waals surface area contributed by atoms with E-state index in [2.05, 4.69) is 0 Å². The molecular formula is C9H12O5S2. The van der Waals surface area contributed by atoms with Gasteiger partial charge in [0.25, 0.3) is 0 Å². The van der Waals surface area contributed by atoms with E-state index in [0.717, 1.165) is 6.26 Å². The van der Waals surface area contributed by atoms with Crippen LogP contribution in [0.25, 0.3) is 0 Å². The number of para-hydroxylation sites is 1. The third kappa shape index (κ3) is 3.49. The number of hydrogen-bond donors (Lipinski definition) is 1.